The van der Waals surface area contributed by atoms with Crippen molar-refractivity contribution in [2.45, 2.75) is 38.5 Å². The first-order valence-corrected chi connectivity index (χ1v) is 7.96. The van der Waals surface area contributed by atoms with Gasteiger partial charge in [0.05, 0.1) is 18.7 Å². The zero-order chi connectivity index (χ0) is 16.1. The predicted molar refractivity (Wildman–Crippen MR) is 88.4 cm³/mol. The van der Waals surface area contributed by atoms with E-state index in [0.29, 0.717) is 0 Å². The van der Waals surface area contributed by atoms with Gasteiger partial charge in [0.25, 0.3) is 0 Å². The van der Waals surface area contributed by atoms with Gasteiger partial charge in [-0.25, -0.2) is 4.79 Å². The predicted octanol–water partition coefficient (Wildman–Crippen LogP) is 2.62. The highest BCUT2D eigenvalue weighted by Crippen LogP contribution is 2.16. The van der Waals surface area contributed by atoms with Gasteiger partial charge in [0.15, 0.2) is 0 Å². The normalized spacial score (nSPS) is 18.6. The smallest absolute Gasteiger partial charge is 0.319 e. The fourth-order valence-corrected chi connectivity index (χ4v) is 2.74. The second kappa shape index (κ2) is 7.28. The maximum atomic E-state index is 12.0. The van der Waals surface area contributed by atoms with Crippen LogP contribution in [0.1, 0.15) is 25.3 Å². The lowest BCUT2D eigenvalue weighted by Crippen LogP contribution is -2.42. The molecule has 0 radical (unpaired) electrons. The highest BCUT2D eigenvalue weighted by molar-refractivity contribution is 5.89. The Labute approximate surface area is 135 Å². The lowest BCUT2D eigenvalue weighted by molar-refractivity contribution is 0.0868. The Kier molecular flexibility index (Phi) is 4.92. The van der Waals surface area contributed by atoms with Gasteiger partial charge in [0.1, 0.15) is 0 Å². The van der Waals surface area contributed by atoms with Crippen LogP contribution in [0.15, 0.2) is 42.7 Å². The maximum absolute atomic E-state index is 12.0. The van der Waals surface area contributed by atoms with Crippen LogP contribution in [0.2, 0.25) is 0 Å². The number of anilines is 1. The van der Waals surface area contributed by atoms with Crippen molar-refractivity contribution < 1.29 is 9.53 Å². The topological polar surface area (TPSA) is 68.2 Å². The van der Waals surface area contributed by atoms with Gasteiger partial charge in [-0.2, -0.15) is 5.10 Å². The molecule has 0 bridgehead atoms. The number of hydrogen-bond donors (Lipinski definition) is 2. The molecule has 3 rings (SSSR count). The van der Waals surface area contributed by atoms with Crippen molar-refractivity contribution in [1.82, 2.24) is 15.1 Å². The number of nitrogens with zero attached hydrogens (tertiary/aromatic N) is 2. The van der Waals surface area contributed by atoms with Crippen LogP contribution >= 0.6 is 0 Å². The van der Waals surface area contributed by atoms with Gasteiger partial charge in [-0.3, -0.25) is 4.68 Å². The van der Waals surface area contributed by atoms with Crippen molar-refractivity contribution in [2.24, 2.45) is 0 Å². The first kappa shape index (κ1) is 15.6. The van der Waals surface area contributed by atoms with Gasteiger partial charge in [0, 0.05) is 24.7 Å². The number of benzene rings is 1. The number of carbonyl (C=O) groups excluding carboxylic acids is 1. The SMILES string of the molecule is C[C@H](NC(=O)Nc1ccc(Cn2cccn2)cc1)[C@H]1CCCO1. The average molecular weight is 314 g/mol. The second-order valence-electron chi connectivity index (χ2n) is 5.84. The Morgan fingerprint density at radius 1 is 1.43 bits per heavy atom. The lowest BCUT2D eigenvalue weighted by Gasteiger charge is -2.20. The molecule has 1 aromatic heterocycles. The van der Waals surface area contributed by atoms with Gasteiger partial charge in [-0.05, 0) is 43.5 Å². The molecular weight excluding hydrogens is 292 g/mol. The van der Waals surface area contributed by atoms with Gasteiger partial charge >= 0.3 is 6.03 Å². The number of hydrogen-bond acceptors (Lipinski definition) is 3. The largest absolute Gasteiger partial charge is 0.376 e. The van der Waals surface area contributed by atoms with E-state index in [2.05, 4.69) is 15.7 Å². The first-order valence-electron chi connectivity index (χ1n) is 7.96. The van der Waals surface area contributed by atoms with Crippen LogP contribution < -0.4 is 10.6 Å². The molecule has 1 fully saturated rings. The van der Waals surface area contributed by atoms with Crippen molar-refractivity contribution in [2.75, 3.05) is 11.9 Å². The van der Waals surface area contributed by atoms with Crippen LogP contribution in [0.25, 0.3) is 0 Å². The molecule has 2 heterocycles. The lowest BCUT2D eigenvalue weighted by atomic mass is 10.1. The van der Waals surface area contributed by atoms with E-state index >= 15 is 0 Å². The Bertz CT molecular complexity index is 619. The number of nitrogens with one attached hydrogen (secondary N) is 2. The van der Waals surface area contributed by atoms with E-state index < -0.39 is 0 Å². The van der Waals surface area contributed by atoms with E-state index in [4.69, 9.17) is 4.74 Å². The van der Waals surface area contributed by atoms with E-state index in [1.54, 1.807) is 6.20 Å². The van der Waals surface area contributed by atoms with Crippen molar-refractivity contribution in [3.05, 3.63) is 48.3 Å². The molecule has 0 spiro atoms. The van der Waals surface area contributed by atoms with Crippen molar-refractivity contribution in [3.63, 3.8) is 0 Å². The first-order chi connectivity index (χ1) is 11.2. The molecule has 122 valence electrons. The molecule has 23 heavy (non-hydrogen) atoms. The second-order valence-corrected chi connectivity index (χ2v) is 5.84. The van der Waals surface area contributed by atoms with Crippen molar-refractivity contribution >= 4 is 11.7 Å². The Morgan fingerprint density at radius 2 is 2.26 bits per heavy atom. The van der Waals surface area contributed by atoms with Crippen LogP contribution in [0.4, 0.5) is 10.5 Å². The molecule has 2 atom stereocenters. The van der Waals surface area contributed by atoms with Crippen LogP contribution in [-0.4, -0.2) is 34.6 Å². The summed E-state index contributed by atoms with van der Waals surface area (Å²) in [5.74, 6) is 0. The summed E-state index contributed by atoms with van der Waals surface area (Å²) in [4.78, 5) is 12.0. The molecule has 2 N–H and O–H groups in total. The number of urea groups is 1. The van der Waals surface area contributed by atoms with Crippen LogP contribution in [0.5, 0.6) is 0 Å². The molecule has 1 aliphatic heterocycles. The fourth-order valence-electron chi connectivity index (χ4n) is 2.74. The Morgan fingerprint density at radius 3 is 2.91 bits per heavy atom. The number of rotatable bonds is 5. The zero-order valence-corrected chi connectivity index (χ0v) is 13.2. The zero-order valence-electron chi connectivity index (χ0n) is 13.2. The monoisotopic (exact) mass is 314 g/mol. The average Bonchev–Trinajstić information content (AvgIpc) is 3.22. The minimum atomic E-state index is -0.201. The molecule has 1 aliphatic rings. The summed E-state index contributed by atoms with van der Waals surface area (Å²) in [5, 5.41) is 9.96. The molecule has 1 aromatic carbocycles. The Balaban J connectivity index is 1.50. The minimum absolute atomic E-state index is 0.0107. The molecule has 0 unspecified atom stereocenters. The van der Waals surface area contributed by atoms with Gasteiger partial charge in [-0.1, -0.05) is 12.1 Å². The molecule has 0 saturated carbocycles. The van der Waals surface area contributed by atoms with E-state index in [1.165, 1.54) is 0 Å². The van der Waals surface area contributed by atoms with E-state index in [0.717, 1.165) is 37.2 Å². The number of amides is 2. The summed E-state index contributed by atoms with van der Waals surface area (Å²) in [5.41, 5.74) is 1.90. The van der Waals surface area contributed by atoms with E-state index in [-0.39, 0.29) is 18.2 Å². The quantitative estimate of drug-likeness (QED) is 0.891. The van der Waals surface area contributed by atoms with Crippen molar-refractivity contribution in [3.8, 4) is 0 Å². The summed E-state index contributed by atoms with van der Waals surface area (Å²) in [7, 11) is 0. The summed E-state index contributed by atoms with van der Waals surface area (Å²) in [6.07, 6.45) is 5.87. The van der Waals surface area contributed by atoms with Crippen LogP contribution in [0, 0.1) is 0 Å². The molecule has 0 aliphatic carbocycles. The molecule has 6 nitrogen and oxygen atoms in total. The minimum Gasteiger partial charge on any atom is -0.376 e. The van der Waals surface area contributed by atoms with E-state index in [9.17, 15) is 4.79 Å². The molecule has 2 amide bonds. The molecular formula is C17H22N4O2. The summed E-state index contributed by atoms with van der Waals surface area (Å²) >= 11 is 0. The number of carbonyl (C=O) groups is 1. The van der Waals surface area contributed by atoms with Crippen LogP contribution in [0.3, 0.4) is 0 Å². The van der Waals surface area contributed by atoms with Gasteiger partial charge in [0.2, 0.25) is 0 Å². The Hall–Kier alpha value is -2.34. The highest BCUT2D eigenvalue weighted by atomic mass is 16.5. The fraction of sp³-hybridized carbons (Fsp3) is 0.412. The highest BCUT2D eigenvalue weighted by Gasteiger charge is 2.23. The number of aromatic nitrogens is 2. The van der Waals surface area contributed by atoms with E-state index in [1.807, 2.05) is 48.1 Å². The third kappa shape index (κ3) is 4.32. The third-order valence-electron chi connectivity index (χ3n) is 4.00. The van der Waals surface area contributed by atoms with Gasteiger partial charge in [-0.15, -0.1) is 0 Å². The molecule has 6 heteroatoms. The van der Waals surface area contributed by atoms with Crippen LogP contribution in [-0.2, 0) is 11.3 Å². The summed E-state index contributed by atoms with van der Waals surface area (Å²) < 4.78 is 7.44. The number of ether oxygens (including phenoxy) is 1. The standard InChI is InChI=1S/C17H22N4O2/c1-13(16-4-2-11-23-16)19-17(22)20-15-7-5-14(6-8-15)12-21-10-3-9-18-21/h3,5-10,13,16H,2,4,11-12H2,1H3,(H2,19,20,22)/t13-,16+/m0/s1. The maximum Gasteiger partial charge on any atom is 0.319 e. The molecule has 1 saturated heterocycles. The van der Waals surface area contributed by atoms with Crippen molar-refractivity contribution in [1.29, 1.82) is 0 Å². The van der Waals surface area contributed by atoms with Gasteiger partial charge < -0.3 is 15.4 Å². The summed E-state index contributed by atoms with van der Waals surface area (Å²) in [6, 6.07) is 9.48. The third-order valence-corrected chi connectivity index (χ3v) is 4.00. The summed E-state index contributed by atoms with van der Waals surface area (Å²) in [6.45, 7) is 3.48. The molecule has 2 aromatic rings.